The molecule has 0 unspecified atom stereocenters. The number of anilines is 1. The second-order valence-electron chi connectivity index (χ2n) is 7.34. The van der Waals surface area contributed by atoms with Crippen LogP contribution in [0.4, 0.5) is 27.6 Å². The van der Waals surface area contributed by atoms with Gasteiger partial charge in [-0.3, -0.25) is 0 Å². The number of aliphatic hydroxyl groups excluding tert-OH is 1. The first-order valence-corrected chi connectivity index (χ1v) is 10.9. The van der Waals surface area contributed by atoms with Gasteiger partial charge < -0.3 is 10.2 Å². The van der Waals surface area contributed by atoms with Gasteiger partial charge in [0.2, 0.25) is 11.7 Å². The van der Waals surface area contributed by atoms with Crippen molar-refractivity contribution in [1.29, 1.82) is 0 Å². The molecule has 6 nitrogen and oxygen atoms in total. The van der Waals surface area contributed by atoms with Gasteiger partial charge in [0.1, 0.15) is 11.4 Å². The highest BCUT2D eigenvalue weighted by Crippen LogP contribution is 2.36. The molecular formula is C21H15F5N2O4S. The zero-order valence-corrected chi connectivity index (χ0v) is 17.4. The van der Waals surface area contributed by atoms with Crippen molar-refractivity contribution in [3.8, 4) is 5.75 Å². The largest absolute Gasteiger partial charge is 0.506 e. The van der Waals surface area contributed by atoms with Crippen LogP contribution in [0.2, 0.25) is 0 Å². The van der Waals surface area contributed by atoms with E-state index >= 15 is 0 Å². The number of nitrogens with one attached hydrogen (secondary N) is 1. The summed E-state index contributed by atoms with van der Waals surface area (Å²) in [5, 5.41) is 20.7. The summed E-state index contributed by atoms with van der Waals surface area (Å²) >= 11 is 0. The average Bonchev–Trinajstić information content (AvgIpc) is 3.04. The molecular weight excluding hydrogens is 471 g/mol. The highest BCUT2D eigenvalue weighted by molar-refractivity contribution is 7.91. The summed E-state index contributed by atoms with van der Waals surface area (Å²) in [6.45, 7) is 0. The Morgan fingerprint density at radius 2 is 1.45 bits per heavy atom. The predicted octanol–water partition coefficient (Wildman–Crippen LogP) is 4.43. The Kier molecular flexibility index (Phi) is 5.56. The van der Waals surface area contributed by atoms with Gasteiger partial charge >= 0.3 is 10.2 Å². The molecule has 4 rings (SSSR count). The minimum absolute atomic E-state index is 0.0653. The lowest BCUT2D eigenvalue weighted by molar-refractivity contribution is 0.369. The number of phenols is 1. The van der Waals surface area contributed by atoms with E-state index in [-0.39, 0.29) is 24.3 Å². The molecule has 0 spiro atoms. The minimum Gasteiger partial charge on any atom is -0.506 e. The minimum atomic E-state index is -4.13. The van der Waals surface area contributed by atoms with Crippen LogP contribution >= 0.6 is 0 Å². The maximum atomic E-state index is 13.8. The van der Waals surface area contributed by atoms with Gasteiger partial charge in [0.15, 0.2) is 23.3 Å². The van der Waals surface area contributed by atoms with Crippen LogP contribution in [0.15, 0.2) is 42.4 Å². The number of hydrogen-bond acceptors (Lipinski definition) is 4. The molecule has 3 aromatic rings. The van der Waals surface area contributed by atoms with Crippen LogP contribution in [0.1, 0.15) is 17.5 Å². The maximum absolute atomic E-state index is 13.8. The number of rotatable bonds is 5. The van der Waals surface area contributed by atoms with E-state index in [1.807, 2.05) is 4.72 Å². The Labute approximate surface area is 184 Å². The molecule has 0 saturated carbocycles. The molecule has 1 aliphatic rings. The van der Waals surface area contributed by atoms with Gasteiger partial charge in [0.25, 0.3) is 0 Å². The molecule has 0 aliphatic carbocycles. The van der Waals surface area contributed by atoms with E-state index in [0.29, 0.717) is 20.6 Å². The second kappa shape index (κ2) is 8.10. The summed E-state index contributed by atoms with van der Waals surface area (Å²) in [6, 6.07) is 7.60. The van der Waals surface area contributed by atoms with Gasteiger partial charge in [-0.05, 0) is 47.7 Å². The molecule has 3 aromatic carbocycles. The van der Waals surface area contributed by atoms with Crippen LogP contribution < -0.4 is 9.03 Å². The van der Waals surface area contributed by atoms with E-state index < -0.39 is 57.2 Å². The molecule has 1 heterocycles. The van der Waals surface area contributed by atoms with Gasteiger partial charge in [0.05, 0.1) is 6.20 Å². The first-order chi connectivity index (χ1) is 15.5. The number of nitrogens with zero attached hydrogens (tertiary/aromatic N) is 1. The van der Waals surface area contributed by atoms with Gasteiger partial charge in [-0.1, -0.05) is 18.2 Å². The normalized spacial score (nSPS) is 15.1. The lowest BCUT2D eigenvalue weighted by Crippen LogP contribution is -2.29. The summed E-state index contributed by atoms with van der Waals surface area (Å²) < 4.78 is 94.2. The van der Waals surface area contributed by atoms with Crippen molar-refractivity contribution in [3.05, 3.63) is 82.6 Å². The summed E-state index contributed by atoms with van der Waals surface area (Å²) in [5.41, 5.74) is -0.376. The van der Waals surface area contributed by atoms with Crippen molar-refractivity contribution in [2.24, 2.45) is 0 Å². The smallest absolute Gasteiger partial charge is 0.330 e. The standard InChI is InChI=1S/C21H15F5N2O4S/c22-17-13(18(23)20(25)21(26)19(17)24)3-1-2-10-4-5-11-8-15(29)14(7-12(11)6-10)28-9-16(30)27-33(28,31)32/h4-9,27,29-30H,1-3H2. The molecule has 33 heavy (non-hydrogen) atoms. The summed E-state index contributed by atoms with van der Waals surface area (Å²) in [7, 11) is -4.13. The van der Waals surface area contributed by atoms with Crippen LogP contribution in [-0.2, 0) is 23.1 Å². The number of benzene rings is 3. The third kappa shape index (κ3) is 4.01. The highest BCUT2D eigenvalue weighted by Gasteiger charge is 2.31. The number of fused-ring (bicyclic) bond motifs is 1. The average molecular weight is 486 g/mol. The van der Waals surface area contributed by atoms with E-state index in [1.54, 1.807) is 18.2 Å². The van der Waals surface area contributed by atoms with Crippen molar-refractivity contribution in [2.45, 2.75) is 19.3 Å². The predicted molar refractivity (Wildman–Crippen MR) is 109 cm³/mol. The number of halogens is 5. The van der Waals surface area contributed by atoms with Crippen molar-refractivity contribution in [2.75, 3.05) is 4.31 Å². The Bertz CT molecular complexity index is 1400. The van der Waals surface area contributed by atoms with E-state index in [4.69, 9.17) is 0 Å². The summed E-state index contributed by atoms with van der Waals surface area (Å²) in [4.78, 5) is 0. The third-order valence-corrected chi connectivity index (χ3v) is 6.45. The lowest BCUT2D eigenvalue weighted by Gasteiger charge is -2.16. The topological polar surface area (TPSA) is 89.9 Å². The van der Waals surface area contributed by atoms with Gasteiger partial charge in [-0.25, -0.2) is 31.0 Å². The molecule has 0 atom stereocenters. The number of aromatic hydroxyl groups is 1. The van der Waals surface area contributed by atoms with Gasteiger partial charge in [-0.15, -0.1) is 0 Å². The fourth-order valence-corrected chi connectivity index (χ4v) is 4.64. The number of phenolic OH excluding ortho intramolecular Hbond substituents is 1. The van der Waals surface area contributed by atoms with E-state index in [2.05, 4.69) is 0 Å². The third-order valence-electron chi connectivity index (χ3n) is 5.16. The van der Waals surface area contributed by atoms with Gasteiger partial charge in [-0.2, -0.15) is 8.42 Å². The zero-order chi connectivity index (χ0) is 24.1. The summed E-state index contributed by atoms with van der Waals surface area (Å²) in [5.74, 6) is -10.9. The fraction of sp³-hybridized carbons (Fsp3) is 0.143. The zero-order valence-electron chi connectivity index (χ0n) is 16.5. The van der Waals surface area contributed by atoms with Crippen molar-refractivity contribution in [3.63, 3.8) is 0 Å². The first kappa shape index (κ1) is 22.6. The molecule has 1 aliphatic heterocycles. The highest BCUT2D eigenvalue weighted by atomic mass is 32.2. The molecule has 12 heteroatoms. The van der Waals surface area contributed by atoms with Crippen molar-refractivity contribution >= 4 is 26.7 Å². The Morgan fingerprint density at radius 1 is 0.818 bits per heavy atom. The first-order valence-electron chi connectivity index (χ1n) is 9.48. The number of aliphatic hydroxyl groups is 1. The Balaban J connectivity index is 1.59. The van der Waals surface area contributed by atoms with Crippen LogP contribution in [0.25, 0.3) is 10.8 Å². The number of aryl methyl sites for hydroxylation is 1. The molecule has 174 valence electrons. The van der Waals surface area contributed by atoms with Crippen molar-refractivity contribution in [1.82, 2.24) is 4.72 Å². The Morgan fingerprint density at radius 3 is 2.06 bits per heavy atom. The molecule has 0 saturated heterocycles. The second-order valence-corrected chi connectivity index (χ2v) is 8.89. The van der Waals surface area contributed by atoms with E-state index in [0.717, 1.165) is 6.20 Å². The van der Waals surface area contributed by atoms with Gasteiger partial charge in [0, 0.05) is 5.56 Å². The van der Waals surface area contributed by atoms with E-state index in [1.165, 1.54) is 12.1 Å². The van der Waals surface area contributed by atoms with Crippen molar-refractivity contribution < 1.29 is 40.6 Å². The molecule has 0 radical (unpaired) electrons. The number of hydrogen-bond donors (Lipinski definition) is 3. The maximum Gasteiger partial charge on any atom is 0.330 e. The fourth-order valence-electron chi connectivity index (χ4n) is 3.58. The summed E-state index contributed by atoms with van der Waals surface area (Å²) in [6.07, 6.45) is 0.766. The molecule has 0 amide bonds. The Hall–Kier alpha value is -3.54. The molecule has 0 bridgehead atoms. The molecule has 0 fully saturated rings. The lowest BCUT2D eigenvalue weighted by atomic mass is 10.00. The van der Waals surface area contributed by atoms with Crippen LogP contribution in [0.5, 0.6) is 5.75 Å². The monoisotopic (exact) mass is 486 g/mol. The van der Waals surface area contributed by atoms with Crippen LogP contribution in [-0.4, -0.2) is 18.6 Å². The molecule has 0 aromatic heterocycles. The molecule has 3 N–H and O–H groups in total. The SMILES string of the molecule is O=S1(=O)NC(O)=CN1c1cc2cc(CCCc3c(F)c(F)c(F)c(F)c3F)ccc2cc1O. The van der Waals surface area contributed by atoms with E-state index in [9.17, 15) is 40.6 Å². The van der Waals surface area contributed by atoms with Crippen LogP contribution in [0, 0.1) is 29.1 Å². The van der Waals surface area contributed by atoms with Crippen LogP contribution in [0.3, 0.4) is 0 Å². The quantitative estimate of drug-likeness (QED) is 0.283.